The molecule has 1 aromatic rings. The topological polar surface area (TPSA) is 41.1 Å². The van der Waals surface area contributed by atoms with Crippen molar-refractivity contribution in [3.05, 3.63) is 27.7 Å². The largest absolute Gasteiger partial charge is 0.375 e. The zero-order valence-electron chi connectivity index (χ0n) is 10.7. The molecule has 0 aromatic heterocycles. The minimum absolute atomic E-state index is 0.0405. The molecular weight excluding hydrogens is 328 g/mol. The van der Waals surface area contributed by atoms with Crippen LogP contribution >= 0.6 is 27.5 Å². The zero-order valence-corrected chi connectivity index (χ0v) is 13.1. The Kier molecular flexibility index (Phi) is 5.52. The number of nitrogens with one attached hydrogen (secondary N) is 2. The Hall–Kier alpha value is -0.740. The second-order valence-electron chi connectivity index (χ2n) is 4.86. The van der Waals surface area contributed by atoms with Crippen LogP contribution in [0.5, 0.6) is 0 Å². The number of halogens is 2. The Morgan fingerprint density at radius 2 is 2.05 bits per heavy atom. The van der Waals surface area contributed by atoms with E-state index in [0.717, 1.165) is 23.0 Å². The van der Waals surface area contributed by atoms with Crippen molar-refractivity contribution in [2.75, 3.05) is 11.9 Å². The van der Waals surface area contributed by atoms with Gasteiger partial charge in [-0.25, -0.2) is 0 Å². The number of amides is 1. The average molecular weight is 346 g/mol. The summed E-state index contributed by atoms with van der Waals surface area (Å²) in [6.45, 7) is 0.273. The molecule has 1 amide bonds. The first-order valence-corrected chi connectivity index (χ1v) is 7.81. The van der Waals surface area contributed by atoms with Crippen LogP contribution in [0.2, 0.25) is 5.02 Å². The lowest BCUT2D eigenvalue weighted by molar-refractivity contribution is -0.120. The first-order valence-electron chi connectivity index (χ1n) is 6.64. The van der Waals surface area contributed by atoms with Crippen molar-refractivity contribution in [1.82, 2.24) is 5.32 Å². The summed E-state index contributed by atoms with van der Waals surface area (Å²) in [6, 6.07) is 5.91. The Morgan fingerprint density at radius 3 is 2.79 bits per heavy atom. The van der Waals surface area contributed by atoms with Crippen molar-refractivity contribution < 1.29 is 4.79 Å². The van der Waals surface area contributed by atoms with Crippen LogP contribution in [0.25, 0.3) is 0 Å². The number of carbonyl (C=O) groups excluding carboxylic acids is 1. The molecule has 1 aromatic carbocycles. The maximum atomic E-state index is 11.9. The highest BCUT2D eigenvalue weighted by atomic mass is 79.9. The SMILES string of the molecule is O=C(CNc1cccc(Cl)c1Br)NC1CCCCC1. The second-order valence-corrected chi connectivity index (χ2v) is 6.06. The summed E-state index contributed by atoms with van der Waals surface area (Å²) >= 11 is 9.40. The van der Waals surface area contributed by atoms with Gasteiger partial charge in [-0.15, -0.1) is 0 Å². The van der Waals surface area contributed by atoms with E-state index in [1.807, 2.05) is 12.1 Å². The van der Waals surface area contributed by atoms with Gasteiger partial charge in [-0.2, -0.15) is 0 Å². The summed E-state index contributed by atoms with van der Waals surface area (Å²) in [7, 11) is 0. The third-order valence-electron chi connectivity index (χ3n) is 3.36. The van der Waals surface area contributed by atoms with Crippen LogP contribution in [-0.4, -0.2) is 18.5 Å². The van der Waals surface area contributed by atoms with Crippen LogP contribution in [0.4, 0.5) is 5.69 Å². The molecule has 0 aliphatic heterocycles. The third kappa shape index (κ3) is 4.39. The summed E-state index contributed by atoms with van der Waals surface area (Å²) < 4.78 is 0.794. The second kappa shape index (κ2) is 7.15. The van der Waals surface area contributed by atoms with Gasteiger partial charge in [0.25, 0.3) is 0 Å². The third-order valence-corrected chi connectivity index (χ3v) is 4.76. The quantitative estimate of drug-likeness (QED) is 0.867. The van der Waals surface area contributed by atoms with E-state index in [-0.39, 0.29) is 12.5 Å². The number of benzene rings is 1. The van der Waals surface area contributed by atoms with Crippen LogP contribution in [-0.2, 0) is 4.79 Å². The summed E-state index contributed by atoms with van der Waals surface area (Å²) in [6.07, 6.45) is 5.94. The highest BCUT2D eigenvalue weighted by Crippen LogP contribution is 2.29. The van der Waals surface area contributed by atoms with Gasteiger partial charge in [0.2, 0.25) is 5.91 Å². The molecule has 1 aliphatic carbocycles. The Labute approximate surface area is 127 Å². The van der Waals surface area contributed by atoms with E-state index in [1.165, 1.54) is 19.3 Å². The van der Waals surface area contributed by atoms with Crippen molar-refractivity contribution >= 4 is 39.1 Å². The van der Waals surface area contributed by atoms with Gasteiger partial charge in [0.15, 0.2) is 0 Å². The molecule has 3 nitrogen and oxygen atoms in total. The van der Waals surface area contributed by atoms with Gasteiger partial charge in [0, 0.05) is 6.04 Å². The van der Waals surface area contributed by atoms with Crippen LogP contribution in [0.15, 0.2) is 22.7 Å². The minimum Gasteiger partial charge on any atom is -0.375 e. The molecule has 2 rings (SSSR count). The van der Waals surface area contributed by atoms with Crippen LogP contribution in [0, 0.1) is 0 Å². The van der Waals surface area contributed by atoms with Gasteiger partial charge in [-0.1, -0.05) is 36.9 Å². The number of carbonyl (C=O) groups is 1. The summed E-state index contributed by atoms with van der Waals surface area (Å²) in [5.74, 6) is 0.0405. The van der Waals surface area contributed by atoms with Crippen molar-refractivity contribution in [2.24, 2.45) is 0 Å². The fourth-order valence-electron chi connectivity index (χ4n) is 2.34. The molecule has 0 spiro atoms. The first kappa shape index (κ1) is 14.7. The summed E-state index contributed by atoms with van der Waals surface area (Å²) in [4.78, 5) is 11.9. The zero-order chi connectivity index (χ0) is 13.7. The Bertz CT molecular complexity index is 447. The van der Waals surface area contributed by atoms with E-state index < -0.39 is 0 Å². The van der Waals surface area contributed by atoms with E-state index in [4.69, 9.17) is 11.6 Å². The molecule has 104 valence electrons. The monoisotopic (exact) mass is 344 g/mol. The van der Waals surface area contributed by atoms with E-state index >= 15 is 0 Å². The molecule has 0 saturated heterocycles. The molecule has 1 fully saturated rings. The van der Waals surface area contributed by atoms with Crippen molar-refractivity contribution in [3.8, 4) is 0 Å². The minimum atomic E-state index is 0.0405. The predicted molar refractivity (Wildman–Crippen MR) is 82.7 cm³/mol. The summed E-state index contributed by atoms with van der Waals surface area (Å²) in [5.41, 5.74) is 0.839. The highest BCUT2D eigenvalue weighted by molar-refractivity contribution is 9.10. The fraction of sp³-hybridized carbons (Fsp3) is 0.500. The summed E-state index contributed by atoms with van der Waals surface area (Å²) in [5, 5.41) is 6.81. The number of anilines is 1. The van der Waals surface area contributed by atoms with Crippen molar-refractivity contribution in [2.45, 2.75) is 38.1 Å². The Morgan fingerprint density at radius 1 is 1.32 bits per heavy atom. The fourth-order valence-corrected chi connectivity index (χ4v) is 2.92. The van der Waals surface area contributed by atoms with Gasteiger partial charge in [0.1, 0.15) is 0 Å². The molecule has 0 unspecified atom stereocenters. The van der Waals surface area contributed by atoms with Gasteiger partial charge < -0.3 is 10.6 Å². The molecule has 0 bridgehead atoms. The molecule has 19 heavy (non-hydrogen) atoms. The smallest absolute Gasteiger partial charge is 0.239 e. The lowest BCUT2D eigenvalue weighted by Gasteiger charge is -2.23. The van der Waals surface area contributed by atoms with Gasteiger partial charge >= 0.3 is 0 Å². The molecule has 1 saturated carbocycles. The molecule has 2 N–H and O–H groups in total. The standard InChI is InChI=1S/C14H18BrClN2O/c15-14-11(16)7-4-8-12(14)17-9-13(19)18-10-5-2-1-3-6-10/h4,7-8,10,17H,1-3,5-6,9H2,(H,18,19). The lowest BCUT2D eigenvalue weighted by atomic mass is 9.95. The van der Waals surface area contributed by atoms with Gasteiger partial charge in [0.05, 0.1) is 21.7 Å². The Balaban J connectivity index is 1.81. The molecule has 0 atom stereocenters. The van der Waals surface area contributed by atoms with Crippen molar-refractivity contribution in [3.63, 3.8) is 0 Å². The highest BCUT2D eigenvalue weighted by Gasteiger charge is 2.15. The molecule has 1 aliphatic rings. The number of hydrogen-bond acceptors (Lipinski definition) is 2. The van der Waals surface area contributed by atoms with Crippen LogP contribution in [0.1, 0.15) is 32.1 Å². The predicted octanol–water partition coefficient (Wildman–Crippen LogP) is 3.96. The normalized spacial score (nSPS) is 16.1. The molecule has 0 radical (unpaired) electrons. The van der Waals surface area contributed by atoms with Gasteiger partial charge in [-0.3, -0.25) is 4.79 Å². The van der Waals surface area contributed by atoms with E-state index in [2.05, 4.69) is 26.6 Å². The van der Waals surface area contributed by atoms with Gasteiger partial charge in [-0.05, 0) is 40.9 Å². The first-order chi connectivity index (χ1) is 9.16. The van der Waals surface area contributed by atoms with E-state index in [9.17, 15) is 4.79 Å². The maximum absolute atomic E-state index is 11.9. The van der Waals surface area contributed by atoms with Crippen LogP contribution in [0.3, 0.4) is 0 Å². The lowest BCUT2D eigenvalue weighted by Crippen LogP contribution is -2.39. The number of rotatable bonds is 4. The van der Waals surface area contributed by atoms with Crippen molar-refractivity contribution in [1.29, 1.82) is 0 Å². The number of hydrogen-bond donors (Lipinski definition) is 2. The maximum Gasteiger partial charge on any atom is 0.239 e. The van der Waals surface area contributed by atoms with E-state index in [0.29, 0.717) is 11.1 Å². The molecule has 0 heterocycles. The van der Waals surface area contributed by atoms with E-state index in [1.54, 1.807) is 6.07 Å². The molecular formula is C14H18BrClN2O. The van der Waals surface area contributed by atoms with Crippen LogP contribution < -0.4 is 10.6 Å². The average Bonchev–Trinajstić information content (AvgIpc) is 2.42. The molecule has 5 heteroatoms.